The number of pyridine rings is 1. The first-order chi connectivity index (χ1) is 15.0. The van der Waals surface area contributed by atoms with Crippen molar-refractivity contribution in [2.45, 2.75) is 6.42 Å². The van der Waals surface area contributed by atoms with Crippen molar-refractivity contribution in [1.29, 1.82) is 0 Å². The van der Waals surface area contributed by atoms with Crippen LogP contribution in [-0.2, 0) is 0 Å². The van der Waals surface area contributed by atoms with Gasteiger partial charge in [-0.2, -0.15) is 0 Å². The van der Waals surface area contributed by atoms with Crippen molar-refractivity contribution in [3.8, 4) is 10.6 Å². The molecular weight excluding hydrogens is 424 g/mol. The summed E-state index contributed by atoms with van der Waals surface area (Å²) >= 11 is 0.950. The van der Waals surface area contributed by atoms with Gasteiger partial charge in [0.25, 0.3) is 11.8 Å². The van der Waals surface area contributed by atoms with Crippen LogP contribution < -0.4 is 16.0 Å². The van der Waals surface area contributed by atoms with Crippen molar-refractivity contribution in [3.63, 3.8) is 0 Å². The maximum atomic E-state index is 14.0. The van der Waals surface area contributed by atoms with Crippen LogP contribution in [0.15, 0.2) is 42.0 Å². The molecule has 0 aliphatic carbocycles. The van der Waals surface area contributed by atoms with E-state index in [4.69, 9.17) is 0 Å². The Bertz CT molecular complexity index is 1090. The minimum absolute atomic E-state index is 0.0186. The van der Waals surface area contributed by atoms with Crippen LogP contribution in [0.3, 0.4) is 0 Å². The van der Waals surface area contributed by atoms with Gasteiger partial charge in [-0.05, 0) is 43.6 Å². The maximum absolute atomic E-state index is 14.0. The number of nitrogens with one attached hydrogen (secondary N) is 3. The molecule has 3 aromatic rings. The highest BCUT2D eigenvalue weighted by molar-refractivity contribution is 7.13. The fraction of sp³-hybridized carbons (Fsp3) is 0.238. The average Bonchev–Trinajstić information content (AvgIpc) is 3.45. The van der Waals surface area contributed by atoms with Gasteiger partial charge in [0.05, 0.1) is 23.0 Å². The number of carbonyl (C=O) groups excluding carboxylic acids is 2. The number of rotatable bonds is 6. The number of anilines is 1. The zero-order valence-electron chi connectivity index (χ0n) is 16.3. The van der Waals surface area contributed by atoms with Crippen LogP contribution in [0.5, 0.6) is 0 Å². The molecule has 1 saturated heterocycles. The molecule has 4 rings (SSSR count). The average molecular weight is 443 g/mol. The third-order valence-corrected chi connectivity index (χ3v) is 5.80. The first-order valence-corrected chi connectivity index (χ1v) is 10.5. The SMILES string of the molecule is O=C(Nc1cnccc1C(=O)NCC1CCNC1)c1csc(-c2c(F)cccc2F)n1. The van der Waals surface area contributed by atoms with E-state index < -0.39 is 17.5 Å². The maximum Gasteiger partial charge on any atom is 0.275 e. The lowest BCUT2D eigenvalue weighted by Gasteiger charge is -2.12. The third-order valence-electron chi connectivity index (χ3n) is 4.94. The van der Waals surface area contributed by atoms with Gasteiger partial charge in [0.2, 0.25) is 0 Å². The van der Waals surface area contributed by atoms with Gasteiger partial charge in [-0.15, -0.1) is 11.3 Å². The molecule has 1 atom stereocenters. The molecular formula is C21H19F2N5O2S. The molecule has 2 aromatic heterocycles. The standard InChI is InChI=1S/C21H19F2N5O2S/c22-14-2-1-3-15(23)18(14)21-28-17(11-31-21)20(30)27-16-10-25-7-5-13(16)19(29)26-9-12-4-6-24-8-12/h1-3,5,7,10-12,24H,4,6,8-9H2,(H,26,29)(H,27,30). The second-order valence-electron chi connectivity index (χ2n) is 7.08. The number of aromatic nitrogens is 2. The van der Waals surface area contributed by atoms with Crippen LogP contribution in [0.25, 0.3) is 10.6 Å². The van der Waals surface area contributed by atoms with Gasteiger partial charge < -0.3 is 16.0 Å². The van der Waals surface area contributed by atoms with Crippen molar-refractivity contribution in [2.75, 3.05) is 25.0 Å². The molecule has 0 saturated carbocycles. The Balaban J connectivity index is 1.48. The monoisotopic (exact) mass is 443 g/mol. The highest BCUT2D eigenvalue weighted by Gasteiger charge is 2.21. The molecule has 3 heterocycles. The Morgan fingerprint density at radius 3 is 2.74 bits per heavy atom. The third kappa shape index (κ3) is 4.75. The Morgan fingerprint density at radius 2 is 2.00 bits per heavy atom. The molecule has 0 bridgehead atoms. The fourth-order valence-electron chi connectivity index (χ4n) is 3.29. The molecule has 1 aromatic carbocycles. The summed E-state index contributed by atoms with van der Waals surface area (Å²) in [4.78, 5) is 33.3. The van der Waals surface area contributed by atoms with E-state index in [0.29, 0.717) is 12.5 Å². The summed E-state index contributed by atoms with van der Waals surface area (Å²) in [6, 6.07) is 5.02. The number of hydrogen-bond donors (Lipinski definition) is 3. The molecule has 7 nitrogen and oxygen atoms in total. The molecule has 1 unspecified atom stereocenters. The van der Waals surface area contributed by atoms with Gasteiger partial charge in [0.15, 0.2) is 0 Å². The van der Waals surface area contributed by atoms with Crippen molar-refractivity contribution in [3.05, 3.63) is 64.9 Å². The number of benzene rings is 1. The van der Waals surface area contributed by atoms with Gasteiger partial charge in [-0.25, -0.2) is 13.8 Å². The number of halogens is 2. The summed E-state index contributed by atoms with van der Waals surface area (Å²) in [6.07, 6.45) is 3.83. The van der Waals surface area contributed by atoms with E-state index in [1.807, 2.05) is 0 Å². The van der Waals surface area contributed by atoms with E-state index in [1.54, 1.807) is 0 Å². The van der Waals surface area contributed by atoms with Crippen molar-refractivity contribution in [1.82, 2.24) is 20.6 Å². The molecule has 10 heteroatoms. The lowest BCUT2D eigenvalue weighted by molar-refractivity contribution is 0.0949. The molecule has 0 spiro atoms. The molecule has 1 aliphatic heterocycles. The summed E-state index contributed by atoms with van der Waals surface area (Å²) in [6.45, 7) is 2.32. The lowest BCUT2D eigenvalue weighted by atomic mass is 10.1. The van der Waals surface area contributed by atoms with Gasteiger partial charge in [-0.3, -0.25) is 14.6 Å². The molecule has 1 aliphatic rings. The smallest absolute Gasteiger partial charge is 0.275 e. The van der Waals surface area contributed by atoms with E-state index >= 15 is 0 Å². The Morgan fingerprint density at radius 1 is 1.19 bits per heavy atom. The first kappa shape index (κ1) is 21.0. The summed E-state index contributed by atoms with van der Waals surface area (Å²) in [5, 5.41) is 10.2. The largest absolute Gasteiger partial charge is 0.352 e. The summed E-state index contributed by atoms with van der Waals surface area (Å²) in [5.74, 6) is -2.08. The Labute approximate surface area is 180 Å². The number of carbonyl (C=O) groups is 2. The minimum atomic E-state index is -0.759. The molecule has 0 radical (unpaired) electrons. The topological polar surface area (TPSA) is 96.0 Å². The number of hydrogen-bond acceptors (Lipinski definition) is 6. The quantitative estimate of drug-likeness (QED) is 0.544. The summed E-state index contributed by atoms with van der Waals surface area (Å²) in [7, 11) is 0. The van der Waals surface area contributed by atoms with E-state index in [1.165, 1.54) is 29.9 Å². The van der Waals surface area contributed by atoms with Crippen molar-refractivity contribution < 1.29 is 18.4 Å². The molecule has 1 fully saturated rings. The predicted octanol–water partition coefficient (Wildman–Crippen LogP) is 3.07. The lowest BCUT2D eigenvalue weighted by Crippen LogP contribution is -2.31. The second-order valence-corrected chi connectivity index (χ2v) is 7.94. The van der Waals surface area contributed by atoms with Crippen LogP contribution in [-0.4, -0.2) is 41.4 Å². The number of amides is 2. The molecule has 160 valence electrons. The van der Waals surface area contributed by atoms with Crippen LogP contribution in [0.1, 0.15) is 27.3 Å². The van der Waals surface area contributed by atoms with E-state index in [9.17, 15) is 18.4 Å². The van der Waals surface area contributed by atoms with Crippen LogP contribution in [0, 0.1) is 17.6 Å². The minimum Gasteiger partial charge on any atom is -0.352 e. The van der Waals surface area contributed by atoms with Crippen LogP contribution in [0.2, 0.25) is 0 Å². The van der Waals surface area contributed by atoms with Crippen molar-refractivity contribution >= 4 is 28.8 Å². The van der Waals surface area contributed by atoms with Gasteiger partial charge in [0.1, 0.15) is 22.3 Å². The van der Waals surface area contributed by atoms with Gasteiger partial charge in [-0.1, -0.05) is 6.07 Å². The van der Waals surface area contributed by atoms with Crippen molar-refractivity contribution in [2.24, 2.45) is 5.92 Å². The predicted molar refractivity (Wildman–Crippen MR) is 113 cm³/mol. The molecule has 31 heavy (non-hydrogen) atoms. The van der Waals surface area contributed by atoms with Crippen LogP contribution >= 0.6 is 11.3 Å². The summed E-state index contributed by atoms with van der Waals surface area (Å²) in [5.41, 5.74) is 0.190. The highest BCUT2D eigenvalue weighted by Crippen LogP contribution is 2.29. The van der Waals surface area contributed by atoms with E-state index in [-0.39, 0.29) is 33.4 Å². The van der Waals surface area contributed by atoms with E-state index in [2.05, 4.69) is 25.9 Å². The Kier molecular flexibility index (Phi) is 6.28. The fourth-order valence-corrected chi connectivity index (χ4v) is 4.14. The van der Waals surface area contributed by atoms with E-state index in [0.717, 1.165) is 43.0 Å². The molecule has 2 amide bonds. The summed E-state index contributed by atoms with van der Waals surface area (Å²) < 4.78 is 28.0. The highest BCUT2D eigenvalue weighted by atomic mass is 32.1. The van der Waals surface area contributed by atoms with Crippen LogP contribution in [0.4, 0.5) is 14.5 Å². The first-order valence-electron chi connectivity index (χ1n) is 9.67. The zero-order valence-corrected chi connectivity index (χ0v) is 17.1. The molecule has 3 N–H and O–H groups in total. The van der Waals surface area contributed by atoms with Gasteiger partial charge in [0, 0.05) is 18.1 Å². The second kappa shape index (κ2) is 9.27. The number of thiazole rings is 1. The van der Waals surface area contributed by atoms with Gasteiger partial charge >= 0.3 is 0 Å². The number of nitrogens with zero attached hydrogens (tertiary/aromatic N) is 2. The normalized spacial score (nSPS) is 15.6. The Hall–Kier alpha value is -3.24. The zero-order chi connectivity index (χ0) is 21.8.